The molecule has 10 nitrogen and oxygen atoms in total. The molecule has 1 aliphatic carbocycles. The number of nitriles is 1. The molecule has 0 bridgehead atoms. The maximum absolute atomic E-state index is 13.0. The number of likely N-dealkylation sites (tertiary alicyclic amines) is 1. The van der Waals surface area contributed by atoms with Gasteiger partial charge in [0, 0.05) is 36.9 Å². The summed E-state index contributed by atoms with van der Waals surface area (Å²) in [6, 6.07) is 10.6. The molecule has 2 saturated heterocycles. The van der Waals surface area contributed by atoms with Gasteiger partial charge in [0.05, 0.1) is 30.2 Å². The zero-order chi connectivity index (χ0) is 27.2. The van der Waals surface area contributed by atoms with Gasteiger partial charge in [0.25, 0.3) is 5.56 Å². The molecule has 0 radical (unpaired) electrons. The van der Waals surface area contributed by atoms with Crippen LogP contribution in [0.15, 0.2) is 35.3 Å². The number of fused-ring (bicyclic) bond motifs is 3. The molecule has 1 atom stereocenters. The molecule has 0 saturated carbocycles. The van der Waals surface area contributed by atoms with Crippen LogP contribution >= 0.6 is 0 Å². The molecular weight excluding hydrogens is 494 g/mol. The molecule has 1 unspecified atom stereocenters. The Labute approximate surface area is 227 Å². The largest absolute Gasteiger partial charge is 0.449 e. The quantitative estimate of drug-likeness (QED) is 0.444. The molecule has 39 heavy (non-hydrogen) atoms. The van der Waals surface area contributed by atoms with E-state index in [0.29, 0.717) is 49.3 Å². The first-order valence-corrected chi connectivity index (χ1v) is 13.8. The van der Waals surface area contributed by atoms with E-state index in [2.05, 4.69) is 39.9 Å². The van der Waals surface area contributed by atoms with Crippen molar-refractivity contribution in [2.45, 2.75) is 56.9 Å². The van der Waals surface area contributed by atoms with Gasteiger partial charge in [0.2, 0.25) is 0 Å². The number of carbonyl (C=O) groups excluding carboxylic acids is 1. The van der Waals surface area contributed by atoms with Gasteiger partial charge < -0.3 is 25.3 Å². The minimum absolute atomic E-state index is 0.222. The first-order valence-electron chi connectivity index (χ1n) is 13.8. The highest BCUT2D eigenvalue weighted by molar-refractivity contribution is 5.91. The number of amides is 1. The summed E-state index contributed by atoms with van der Waals surface area (Å²) in [4.78, 5) is 30.1. The van der Waals surface area contributed by atoms with Crippen molar-refractivity contribution in [3.8, 4) is 6.07 Å². The summed E-state index contributed by atoms with van der Waals surface area (Å²) < 4.78 is 7.27. The van der Waals surface area contributed by atoms with Crippen LogP contribution in [0.25, 0.3) is 10.9 Å². The zero-order valence-electron chi connectivity index (χ0n) is 22.5. The number of rotatable bonds is 6. The molecule has 3 aliphatic rings. The summed E-state index contributed by atoms with van der Waals surface area (Å²) in [5, 5.41) is 22.1. The Morgan fingerprint density at radius 1 is 1.26 bits per heavy atom. The third-order valence-corrected chi connectivity index (χ3v) is 8.67. The SMILES string of the molecule is CC(C)COC(=O)N1CCC(CC#N)(n2nc(Nc3ccc4c(c3)CC43CCNC3)c3c(=O)[nH]ccc32)CC1. The number of pyridine rings is 1. The van der Waals surface area contributed by atoms with Crippen LogP contribution in [-0.2, 0) is 22.1 Å². The summed E-state index contributed by atoms with van der Waals surface area (Å²) in [7, 11) is 0. The van der Waals surface area contributed by atoms with E-state index in [9.17, 15) is 14.9 Å². The highest BCUT2D eigenvalue weighted by Crippen LogP contribution is 2.46. The van der Waals surface area contributed by atoms with E-state index >= 15 is 0 Å². The van der Waals surface area contributed by atoms with Crippen molar-refractivity contribution in [2.24, 2.45) is 5.92 Å². The first kappa shape index (κ1) is 25.4. The molecule has 3 aromatic rings. The second-order valence-electron chi connectivity index (χ2n) is 11.7. The monoisotopic (exact) mass is 529 g/mol. The standard InChI is InChI=1S/C29H35N7O3/c1-19(2)17-39-27(38)35-13-8-29(6-10-30,9-14-35)36-23-5-11-32-26(37)24(23)25(34-36)33-21-3-4-22-20(15-21)16-28(22)7-12-31-18-28/h3-5,11,15,19,31H,6-9,12-14,16-18H2,1-2H3,(H,32,37)(H,33,34). The molecule has 10 heteroatoms. The van der Waals surface area contributed by atoms with Crippen LogP contribution in [0.1, 0.15) is 50.7 Å². The Morgan fingerprint density at radius 3 is 2.77 bits per heavy atom. The van der Waals surface area contributed by atoms with Gasteiger partial charge in [-0.2, -0.15) is 10.4 Å². The second kappa shape index (κ2) is 9.72. The maximum Gasteiger partial charge on any atom is 0.409 e. The van der Waals surface area contributed by atoms with E-state index in [-0.39, 0.29) is 29.4 Å². The highest BCUT2D eigenvalue weighted by atomic mass is 16.6. The topological polar surface area (TPSA) is 128 Å². The molecule has 2 aromatic heterocycles. The summed E-state index contributed by atoms with van der Waals surface area (Å²) in [5.41, 5.74) is 3.71. The number of ether oxygens (including phenoxy) is 1. The first-order chi connectivity index (χ1) is 18.8. The molecule has 6 rings (SSSR count). The molecule has 1 spiro atoms. The van der Waals surface area contributed by atoms with Crippen molar-refractivity contribution >= 4 is 28.5 Å². The predicted molar refractivity (Wildman–Crippen MR) is 148 cm³/mol. The van der Waals surface area contributed by atoms with Crippen molar-refractivity contribution in [1.29, 1.82) is 5.26 Å². The average Bonchev–Trinajstić information content (AvgIpc) is 3.55. The van der Waals surface area contributed by atoms with Crippen LogP contribution in [0.5, 0.6) is 0 Å². The fourth-order valence-corrected chi connectivity index (χ4v) is 6.52. The van der Waals surface area contributed by atoms with Crippen LogP contribution < -0.4 is 16.2 Å². The number of aromatic nitrogens is 3. The average molecular weight is 530 g/mol. The minimum Gasteiger partial charge on any atom is -0.449 e. The Balaban J connectivity index is 1.30. The zero-order valence-corrected chi connectivity index (χ0v) is 22.5. The van der Waals surface area contributed by atoms with Crippen LogP contribution in [-0.4, -0.2) is 58.5 Å². The van der Waals surface area contributed by atoms with E-state index < -0.39 is 5.54 Å². The third-order valence-electron chi connectivity index (χ3n) is 8.67. The van der Waals surface area contributed by atoms with Gasteiger partial charge in [-0.3, -0.25) is 9.48 Å². The van der Waals surface area contributed by atoms with E-state index in [1.807, 2.05) is 24.6 Å². The fraction of sp³-hybridized carbons (Fsp3) is 0.517. The van der Waals surface area contributed by atoms with Gasteiger partial charge in [-0.15, -0.1) is 0 Å². The Hall–Kier alpha value is -3.84. The predicted octanol–water partition coefficient (Wildman–Crippen LogP) is 3.75. The molecule has 2 fully saturated rings. The number of nitrogens with zero attached hydrogens (tertiary/aromatic N) is 4. The van der Waals surface area contributed by atoms with Crippen molar-refractivity contribution in [3.05, 3.63) is 51.9 Å². The normalized spacial score (nSPS) is 21.5. The van der Waals surface area contributed by atoms with E-state index in [0.717, 1.165) is 25.2 Å². The number of anilines is 2. The van der Waals surface area contributed by atoms with E-state index in [4.69, 9.17) is 9.84 Å². The van der Waals surface area contributed by atoms with E-state index in [1.54, 1.807) is 11.1 Å². The van der Waals surface area contributed by atoms with Gasteiger partial charge >= 0.3 is 6.09 Å². The Bertz CT molecular complexity index is 1500. The number of carbonyl (C=O) groups is 1. The summed E-state index contributed by atoms with van der Waals surface area (Å²) >= 11 is 0. The molecule has 2 aliphatic heterocycles. The summed E-state index contributed by atoms with van der Waals surface area (Å²) in [5.74, 6) is 0.734. The van der Waals surface area contributed by atoms with Crippen molar-refractivity contribution in [3.63, 3.8) is 0 Å². The molecule has 3 N–H and O–H groups in total. The van der Waals surface area contributed by atoms with Gasteiger partial charge in [0.15, 0.2) is 5.82 Å². The number of benzene rings is 1. The van der Waals surface area contributed by atoms with Crippen LogP contribution in [0, 0.1) is 17.2 Å². The minimum atomic E-state index is -0.641. The fourth-order valence-electron chi connectivity index (χ4n) is 6.52. The number of H-pyrrole nitrogens is 1. The third kappa shape index (κ3) is 4.35. The number of hydrogen-bond donors (Lipinski definition) is 3. The summed E-state index contributed by atoms with van der Waals surface area (Å²) in [6.45, 7) is 7.38. The lowest BCUT2D eigenvalue weighted by atomic mass is 9.63. The molecule has 204 valence electrons. The second-order valence-corrected chi connectivity index (χ2v) is 11.7. The molecule has 1 amide bonds. The lowest BCUT2D eigenvalue weighted by molar-refractivity contribution is 0.0608. The smallest absolute Gasteiger partial charge is 0.409 e. The molecular formula is C29H35N7O3. The van der Waals surface area contributed by atoms with Crippen LogP contribution in [0.3, 0.4) is 0 Å². The molecule has 4 heterocycles. The highest BCUT2D eigenvalue weighted by Gasteiger charge is 2.45. The lowest BCUT2D eigenvalue weighted by Gasteiger charge is -2.41. The van der Waals surface area contributed by atoms with Crippen molar-refractivity contribution in [1.82, 2.24) is 25.0 Å². The lowest BCUT2D eigenvalue weighted by Crippen LogP contribution is -2.48. The number of aromatic amines is 1. The number of hydrogen-bond acceptors (Lipinski definition) is 7. The number of piperidine rings is 1. The Morgan fingerprint density at radius 2 is 2.08 bits per heavy atom. The summed E-state index contributed by atoms with van der Waals surface area (Å²) in [6.07, 6.45) is 4.82. The van der Waals surface area contributed by atoms with Crippen molar-refractivity contribution in [2.75, 3.05) is 38.1 Å². The Kier molecular flexibility index (Phi) is 6.34. The maximum atomic E-state index is 13.0. The van der Waals surface area contributed by atoms with Gasteiger partial charge in [-0.1, -0.05) is 19.9 Å². The molecule has 1 aromatic carbocycles. The van der Waals surface area contributed by atoms with Gasteiger partial charge in [0.1, 0.15) is 5.39 Å². The van der Waals surface area contributed by atoms with Gasteiger partial charge in [-0.05, 0) is 67.5 Å². The van der Waals surface area contributed by atoms with E-state index in [1.165, 1.54) is 17.5 Å². The van der Waals surface area contributed by atoms with Crippen LogP contribution in [0.4, 0.5) is 16.3 Å². The van der Waals surface area contributed by atoms with Crippen LogP contribution in [0.2, 0.25) is 0 Å². The van der Waals surface area contributed by atoms with Crippen molar-refractivity contribution < 1.29 is 9.53 Å². The van der Waals surface area contributed by atoms with Gasteiger partial charge in [-0.25, -0.2) is 4.79 Å². The number of nitrogens with one attached hydrogen (secondary N) is 3.